The van der Waals surface area contributed by atoms with E-state index < -0.39 is 0 Å². The van der Waals surface area contributed by atoms with E-state index in [4.69, 9.17) is 4.74 Å². The van der Waals surface area contributed by atoms with E-state index in [1.807, 2.05) is 0 Å². The van der Waals surface area contributed by atoms with Crippen molar-refractivity contribution in [1.29, 1.82) is 0 Å². The average molecular weight is 253 g/mol. The van der Waals surface area contributed by atoms with Crippen LogP contribution in [-0.4, -0.2) is 36.7 Å². The summed E-state index contributed by atoms with van der Waals surface area (Å²) < 4.78 is 5.67. The number of nitrogens with zero attached hydrogens (tertiary/aromatic N) is 1. The molecule has 0 radical (unpaired) electrons. The minimum atomic E-state index is 0.394. The van der Waals surface area contributed by atoms with Gasteiger partial charge in [0.05, 0.1) is 6.10 Å². The molecule has 1 saturated heterocycles. The molecule has 1 aliphatic heterocycles. The zero-order valence-electron chi connectivity index (χ0n) is 12.5. The Balaban J connectivity index is 1.57. The van der Waals surface area contributed by atoms with E-state index in [2.05, 4.69) is 25.7 Å². The smallest absolute Gasteiger partial charge is 0.0518 e. The van der Waals surface area contributed by atoms with Gasteiger partial charge in [-0.2, -0.15) is 0 Å². The Morgan fingerprint density at radius 2 is 1.78 bits per heavy atom. The molecule has 18 heavy (non-hydrogen) atoms. The Morgan fingerprint density at radius 1 is 1.11 bits per heavy atom. The second-order valence-electron chi connectivity index (χ2n) is 6.59. The molecule has 2 heteroatoms. The van der Waals surface area contributed by atoms with Crippen molar-refractivity contribution in [1.82, 2.24) is 4.90 Å². The van der Waals surface area contributed by atoms with Gasteiger partial charge in [0.25, 0.3) is 0 Å². The minimum Gasteiger partial charge on any atom is -0.379 e. The summed E-state index contributed by atoms with van der Waals surface area (Å²) in [6, 6.07) is 0.933. The van der Waals surface area contributed by atoms with Crippen LogP contribution in [0.4, 0.5) is 0 Å². The van der Waals surface area contributed by atoms with Crippen molar-refractivity contribution >= 4 is 0 Å². The Morgan fingerprint density at radius 3 is 2.33 bits per heavy atom. The van der Waals surface area contributed by atoms with Gasteiger partial charge in [0.1, 0.15) is 0 Å². The molecule has 0 atom stereocenters. The first-order valence-corrected chi connectivity index (χ1v) is 8.04. The topological polar surface area (TPSA) is 12.5 Å². The Bertz CT molecular complexity index is 227. The summed E-state index contributed by atoms with van der Waals surface area (Å²) >= 11 is 0. The zero-order chi connectivity index (χ0) is 13.0. The Hall–Kier alpha value is -0.0800. The molecule has 0 aromatic carbocycles. The average Bonchev–Trinajstić information content (AvgIpc) is 2.29. The van der Waals surface area contributed by atoms with E-state index in [1.54, 1.807) is 0 Å². The van der Waals surface area contributed by atoms with Gasteiger partial charge >= 0.3 is 0 Å². The zero-order valence-corrected chi connectivity index (χ0v) is 12.5. The third kappa shape index (κ3) is 3.96. The molecule has 1 aliphatic carbocycles. The molecule has 0 aromatic rings. The van der Waals surface area contributed by atoms with Gasteiger partial charge in [-0.25, -0.2) is 0 Å². The first-order chi connectivity index (χ1) is 8.69. The minimum absolute atomic E-state index is 0.394. The first kappa shape index (κ1) is 14.3. The predicted octanol–water partition coefficient (Wildman–Crippen LogP) is 3.70. The van der Waals surface area contributed by atoms with Crippen molar-refractivity contribution < 1.29 is 4.74 Å². The molecule has 2 rings (SSSR count). The van der Waals surface area contributed by atoms with Gasteiger partial charge in [-0.3, -0.25) is 0 Å². The van der Waals surface area contributed by atoms with Crippen LogP contribution >= 0.6 is 0 Å². The maximum atomic E-state index is 5.67. The Kier molecular flexibility index (Phi) is 5.50. The molecule has 2 aliphatic rings. The highest BCUT2D eigenvalue weighted by molar-refractivity contribution is 4.88. The number of hydrogen-bond acceptors (Lipinski definition) is 2. The van der Waals surface area contributed by atoms with Crippen molar-refractivity contribution in [2.45, 2.75) is 71.4 Å². The molecule has 0 spiro atoms. The second kappa shape index (κ2) is 6.91. The fraction of sp³-hybridized carbons (Fsp3) is 1.00. The van der Waals surface area contributed by atoms with Gasteiger partial charge in [-0.05, 0) is 70.9 Å². The highest BCUT2D eigenvalue weighted by Crippen LogP contribution is 2.36. The van der Waals surface area contributed by atoms with Crippen LogP contribution in [-0.2, 0) is 4.74 Å². The lowest BCUT2D eigenvalue weighted by Crippen LogP contribution is -2.48. The van der Waals surface area contributed by atoms with Crippen LogP contribution in [0.15, 0.2) is 0 Å². The standard InChI is InChI=1S/C16H31NO/c1-4-14-11-16(12-14)17-8-5-15(6-9-17)7-10-18-13(2)3/h13-16H,4-12H2,1-3H3/t14-,16-. The predicted molar refractivity (Wildman–Crippen MR) is 76.8 cm³/mol. The number of hydrogen-bond donors (Lipinski definition) is 0. The molecule has 1 heterocycles. The highest BCUT2D eigenvalue weighted by Gasteiger charge is 2.33. The molecular formula is C16H31NO. The molecule has 0 bridgehead atoms. The number of piperidine rings is 1. The van der Waals surface area contributed by atoms with Crippen molar-refractivity contribution in [2.24, 2.45) is 11.8 Å². The largest absolute Gasteiger partial charge is 0.379 e. The molecular weight excluding hydrogens is 222 g/mol. The Labute approximate surface area is 113 Å². The van der Waals surface area contributed by atoms with E-state index in [1.165, 1.54) is 51.6 Å². The molecule has 2 fully saturated rings. The van der Waals surface area contributed by atoms with Crippen molar-refractivity contribution in [3.8, 4) is 0 Å². The molecule has 1 saturated carbocycles. The molecule has 2 nitrogen and oxygen atoms in total. The quantitative estimate of drug-likeness (QED) is 0.715. The van der Waals surface area contributed by atoms with Crippen molar-refractivity contribution in [3.63, 3.8) is 0 Å². The summed E-state index contributed by atoms with van der Waals surface area (Å²) in [5.41, 5.74) is 0. The van der Waals surface area contributed by atoms with Gasteiger partial charge in [0, 0.05) is 12.6 Å². The summed E-state index contributed by atoms with van der Waals surface area (Å²) in [5, 5.41) is 0. The molecule has 0 unspecified atom stereocenters. The fourth-order valence-corrected chi connectivity index (χ4v) is 3.41. The van der Waals surface area contributed by atoms with Crippen molar-refractivity contribution in [2.75, 3.05) is 19.7 Å². The number of likely N-dealkylation sites (tertiary alicyclic amines) is 1. The van der Waals surface area contributed by atoms with Crippen molar-refractivity contribution in [3.05, 3.63) is 0 Å². The third-order valence-corrected chi connectivity index (χ3v) is 4.93. The van der Waals surface area contributed by atoms with Crippen LogP contribution in [0.1, 0.15) is 59.3 Å². The summed E-state index contributed by atoms with van der Waals surface area (Å²) in [6.45, 7) is 10.2. The van der Waals surface area contributed by atoms with Crippen LogP contribution in [0, 0.1) is 11.8 Å². The van der Waals surface area contributed by atoms with Crippen LogP contribution in [0.25, 0.3) is 0 Å². The monoisotopic (exact) mass is 253 g/mol. The van der Waals surface area contributed by atoms with E-state index in [0.717, 1.165) is 24.5 Å². The maximum absolute atomic E-state index is 5.67. The summed E-state index contributed by atoms with van der Waals surface area (Å²) in [4.78, 5) is 2.76. The van der Waals surface area contributed by atoms with Crippen LogP contribution in [0.2, 0.25) is 0 Å². The van der Waals surface area contributed by atoms with Gasteiger partial charge in [0.2, 0.25) is 0 Å². The lowest BCUT2D eigenvalue weighted by Gasteiger charge is -2.45. The summed E-state index contributed by atoms with van der Waals surface area (Å²) in [6.07, 6.45) is 8.79. The highest BCUT2D eigenvalue weighted by atomic mass is 16.5. The second-order valence-corrected chi connectivity index (χ2v) is 6.59. The fourth-order valence-electron chi connectivity index (χ4n) is 3.41. The molecule has 106 valence electrons. The lowest BCUT2D eigenvalue weighted by atomic mass is 9.77. The van der Waals surface area contributed by atoms with E-state index >= 15 is 0 Å². The molecule has 0 aromatic heterocycles. The van der Waals surface area contributed by atoms with Crippen LogP contribution in [0.5, 0.6) is 0 Å². The lowest BCUT2D eigenvalue weighted by molar-refractivity contribution is 0.0304. The van der Waals surface area contributed by atoms with E-state index in [9.17, 15) is 0 Å². The number of ether oxygens (including phenoxy) is 1. The van der Waals surface area contributed by atoms with Gasteiger partial charge in [-0.15, -0.1) is 0 Å². The normalized spacial score (nSPS) is 30.7. The third-order valence-electron chi connectivity index (χ3n) is 4.93. The van der Waals surface area contributed by atoms with Gasteiger partial charge in [0.15, 0.2) is 0 Å². The van der Waals surface area contributed by atoms with Crippen LogP contribution < -0.4 is 0 Å². The van der Waals surface area contributed by atoms with Gasteiger partial charge in [-0.1, -0.05) is 13.3 Å². The maximum Gasteiger partial charge on any atom is 0.0518 e. The van der Waals surface area contributed by atoms with E-state index in [-0.39, 0.29) is 0 Å². The SMILES string of the molecule is CC[C@H]1C[C@H](N2CCC(CCOC(C)C)CC2)C1. The number of rotatable bonds is 6. The summed E-state index contributed by atoms with van der Waals surface area (Å²) in [7, 11) is 0. The van der Waals surface area contributed by atoms with E-state index in [0.29, 0.717) is 6.10 Å². The molecule has 0 N–H and O–H groups in total. The summed E-state index contributed by atoms with van der Waals surface area (Å²) in [5.74, 6) is 1.95. The first-order valence-electron chi connectivity index (χ1n) is 8.04. The van der Waals surface area contributed by atoms with Gasteiger partial charge < -0.3 is 9.64 Å². The van der Waals surface area contributed by atoms with Crippen LogP contribution in [0.3, 0.4) is 0 Å². The molecule has 0 amide bonds.